The molecule has 11 aliphatic rings. The van der Waals surface area contributed by atoms with Crippen molar-refractivity contribution in [3.8, 4) is 0 Å². The summed E-state index contributed by atoms with van der Waals surface area (Å²) in [7, 11) is -5.35. The summed E-state index contributed by atoms with van der Waals surface area (Å²) in [5.41, 5.74) is 5.44. The lowest BCUT2D eigenvalue weighted by Crippen LogP contribution is -2.71. The number of aliphatic carboxylic acids is 1. The summed E-state index contributed by atoms with van der Waals surface area (Å²) in [5.74, 6) is -8.46. The number of carbonyl (C=O) groups excluding carboxylic acids is 3. The molecule has 0 aromatic carbocycles. The second-order valence-corrected chi connectivity index (χ2v) is 38.7. The highest BCUT2D eigenvalue weighted by Gasteiger charge is 2.65. The standard InChI is InChI=1S/C80H137N4O64P/c1-18-36(100)65(144-74-52(116)44(108)45(109)57(137-74)23(95)8-85)55(119)75(131-18)143-64-35(84-21(4)93)71(133-29(12-89)40(64)104)146-67-49(113)47(111)59(26(98)14-126-72-53(117)50(114)63(30(13-90)135-72)142-73-51(115)43(107)37(101)28(11-88)134-73)140-78(67)147-68-48(112)46(110)58(24(96)9-86)139-77(68)145-66-54(118)60(27(99)15-130-149(124,125)129-6-5-81)138-76(56(66)120)141-61-22(94)7-80(79(122)123,148-62(61)25(97)10-87)128-17-32-39(103)42(106)34(83-20(3)92)70(136-32)127-16-31-38(102)41(105)33(69(121)132-31)82-19(2)91/h18,22-78,85-90,94-121H,5-17,81H2,1-4H3,(H,82,91)(H,83,92)(H,84,93)(H,122,123)(H,124,125)/t18-,22+,23+,24-,25+,26+,27-,28+,29+,30+,31+,32+,33+,34+,35+,36+,37+,38+,39+,40+,41+,42+,43-,44-,45-,46-,47-,48-,49-,50+,51+,52-,53+,54+,55-,56-,57+,58+,59+,60+,61+,62+,63-,64+,65+,66-,67-,68-,69-,70+,71-,72+,73+,74+,75-,76+,77+,78+,80+/m0/s1. The largest absolute Gasteiger partial charge is 0.477 e. The molecule has 866 valence electrons. The molecule has 0 radical (unpaired) electrons. The van der Waals surface area contributed by atoms with E-state index in [1.54, 1.807) is 0 Å². The third-order valence-electron chi connectivity index (χ3n) is 26.6. The highest BCUT2D eigenvalue weighted by Crippen LogP contribution is 2.47. The van der Waals surface area contributed by atoms with Crippen LogP contribution in [-0.4, -0.2) is 648 Å². The summed E-state index contributed by atoms with van der Waals surface area (Å²) < 4.78 is 146. The Morgan fingerprint density at radius 3 is 1.28 bits per heavy atom. The van der Waals surface area contributed by atoms with Gasteiger partial charge in [-0.05, 0) is 6.92 Å². The van der Waals surface area contributed by atoms with Gasteiger partial charge in [-0.15, -0.1) is 0 Å². The maximum Gasteiger partial charge on any atom is 0.472 e. The number of amides is 3. The normalized spacial score (nSPS) is 47.6. The molecule has 3 amide bonds. The topological polar surface area (TPSA) is 1090 Å². The molecular weight excluding hydrogens is 2070 g/mol. The van der Waals surface area contributed by atoms with Crippen molar-refractivity contribution in [2.24, 2.45) is 5.73 Å². The van der Waals surface area contributed by atoms with Gasteiger partial charge in [0, 0.05) is 33.7 Å². The van der Waals surface area contributed by atoms with E-state index in [1.807, 2.05) is 0 Å². The minimum Gasteiger partial charge on any atom is -0.477 e. The first-order valence-corrected chi connectivity index (χ1v) is 48.3. The molecule has 11 heterocycles. The van der Waals surface area contributed by atoms with Crippen molar-refractivity contribution in [1.29, 1.82) is 0 Å². The smallest absolute Gasteiger partial charge is 0.472 e. The molecule has 0 aliphatic carbocycles. The van der Waals surface area contributed by atoms with Crippen molar-refractivity contribution < 1.29 is 316 Å². The number of carboxylic acid groups (broad SMARTS) is 1. The number of phosphoric acid groups is 1. The van der Waals surface area contributed by atoms with Crippen LogP contribution in [0.1, 0.15) is 34.1 Å². The Kier molecular flexibility index (Phi) is 45.3. The minimum atomic E-state index is -5.35. The van der Waals surface area contributed by atoms with Crippen LogP contribution in [0.2, 0.25) is 0 Å². The fourth-order valence-corrected chi connectivity index (χ4v) is 19.3. The van der Waals surface area contributed by atoms with E-state index in [0.717, 1.165) is 27.7 Å². The van der Waals surface area contributed by atoms with E-state index in [1.165, 1.54) is 0 Å². The average Bonchev–Trinajstić information content (AvgIpc) is 0.750. The van der Waals surface area contributed by atoms with Crippen LogP contribution in [-0.2, 0) is 132 Å². The molecular formula is C80H137N4O64P. The third kappa shape index (κ3) is 28.4. The zero-order chi connectivity index (χ0) is 110. The van der Waals surface area contributed by atoms with Crippen LogP contribution in [0.25, 0.3) is 0 Å². The SMILES string of the molecule is CC(=O)N[C@@H]1[C@@H](O)[C@H](O)[C@@H](CO[C@@H]2O[C@H](CO[C@]3(C(=O)O)C[C@@H](O)[C@@H](O[C@H]4O[C@H]([C@@H](O)COP(=O)(O)OCCN)[C@@H](O)[C@H](O[C@H]5O[C@H]([C@@H](O)CO)[C@@H](O)[C@H](O)[C@@H]5O[C@H]5O[C@H]([C@H](O)CO[C@@H]6O[C@H](CO)[C@H](O[C@H]7O[C@H](CO)[C@@H](O)[C@H](O)[C@H]7O)[C@H](O)[C@H]6O)[C@@H](O)[C@H](O)[C@@H]5O[C@@H]5O[C@H](CO)[C@@H](O)[C@H](O[C@@H]6O[C@@H](C)[C@@H](O)[C@@H](O[C@H]7O[C@H]([C@H](O)CO)[C@@H](O)[C@H](O)[C@@H]7O)[C@@H]6O)[C@H]5NC(C)=O)[C@@H]4O)[C@@H]([C@H](O)CO)O3)[C@@H](O)[C@H](O)[C@H]2NC(C)=O)O[C@@H]1O. The van der Waals surface area contributed by atoms with Gasteiger partial charge in [0.2, 0.25) is 17.7 Å². The highest BCUT2D eigenvalue weighted by atomic mass is 31.2. The van der Waals surface area contributed by atoms with Crippen LogP contribution in [0.5, 0.6) is 0 Å². The van der Waals surface area contributed by atoms with Crippen molar-refractivity contribution in [3.63, 3.8) is 0 Å². The van der Waals surface area contributed by atoms with Crippen LogP contribution in [0, 0.1) is 0 Å². The van der Waals surface area contributed by atoms with E-state index >= 15 is 0 Å². The molecule has 0 aromatic heterocycles. The summed E-state index contributed by atoms with van der Waals surface area (Å²) in [4.78, 5) is 62.2. The van der Waals surface area contributed by atoms with Gasteiger partial charge in [0.15, 0.2) is 62.9 Å². The fourth-order valence-electron chi connectivity index (χ4n) is 18.5. The Labute approximate surface area is 841 Å². The van der Waals surface area contributed by atoms with Crippen molar-refractivity contribution in [2.75, 3.05) is 79.2 Å². The first kappa shape index (κ1) is 125. The number of phosphoric ester groups is 1. The van der Waals surface area contributed by atoms with E-state index in [9.17, 15) is 207 Å². The molecule has 11 aliphatic heterocycles. The predicted octanol–water partition coefficient (Wildman–Crippen LogP) is -26.1. The van der Waals surface area contributed by atoms with Crippen LogP contribution in [0.15, 0.2) is 0 Å². The maximum absolute atomic E-state index is 13.7. The van der Waals surface area contributed by atoms with Gasteiger partial charge in [0.05, 0.1) is 84.9 Å². The van der Waals surface area contributed by atoms with Crippen molar-refractivity contribution >= 4 is 31.5 Å². The molecule has 41 N–H and O–H groups in total. The van der Waals surface area contributed by atoms with Crippen molar-refractivity contribution in [1.82, 2.24) is 16.0 Å². The number of hydrogen-bond acceptors (Lipinski definition) is 63. The minimum absolute atomic E-state index is 0.442. The molecule has 0 saturated carbocycles. The molecule has 60 atom stereocenters. The Hall–Kier alpha value is -4.25. The number of carbonyl (C=O) groups is 4. The van der Waals surface area contributed by atoms with Crippen LogP contribution in [0.3, 0.4) is 0 Å². The van der Waals surface area contributed by atoms with E-state index in [2.05, 4.69) is 16.0 Å². The number of aliphatic hydroxyl groups is 34. The van der Waals surface area contributed by atoms with Crippen molar-refractivity contribution in [2.45, 2.75) is 396 Å². The number of nitrogens with one attached hydrogen (secondary N) is 3. The first-order valence-electron chi connectivity index (χ1n) is 46.8. The molecule has 149 heavy (non-hydrogen) atoms. The van der Waals surface area contributed by atoms with Gasteiger partial charge >= 0.3 is 13.8 Å². The number of aliphatic hydroxyl groups excluding tert-OH is 34. The quantitative estimate of drug-likeness (QED) is 0.0252. The van der Waals surface area contributed by atoms with Gasteiger partial charge in [-0.2, -0.15) is 0 Å². The Bertz CT molecular complexity index is 4190. The second-order valence-electron chi connectivity index (χ2n) is 37.2. The lowest BCUT2D eigenvalue weighted by molar-refractivity contribution is -0.412. The third-order valence-corrected chi connectivity index (χ3v) is 27.6. The van der Waals surface area contributed by atoms with Gasteiger partial charge in [-0.1, -0.05) is 0 Å². The van der Waals surface area contributed by atoms with Gasteiger partial charge < -0.3 is 305 Å². The van der Waals surface area contributed by atoms with E-state index in [0.29, 0.717) is 0 Å². The lowest BCUT2D eigenvalue weighted by Gasteiger charge is -2.52. The number of ether oxygens (including phenoxy) is 21. The first-order chi connectivity index (χ1) is 70.1. The summed E-state index contributed by atoms with van der Waals surface area (Å²) in [6, 6.07) is -5.62. The fraction of sp³-hybridized carbons (Fsp3) is 0.950. The van der Waals surface area contributed by atoms with Crippen LogP contribution in [0.4, 0.5) is 0 Å². The number of nitrogens with two attached hydrogens (primary N) is 1. The van der Waals surface area contributed by atoms with Gasteiger partial charge in [0.25, 0.3) is 5.79 Å². The highest BCUT2D eigenvalue weighted by molar-refractivity contribution is 7.47. The molecule has 11 fully saturated rings. The van der Waals surface area contributed by atoms with Crippen molar-refractivity contribution in [3.05, 3.63) is 0 Å². The van der Waals surface area contributed by atoms with E-state index in [4.69, 9.17) is 114 Å². The van der Waals surface area contributed by atoms with Crippen LogP contribution >= 0.6 is 7.82 Å². The van der Waals surface area contributed by atoms with Gasteiger partial charge in [-0.25, -0.2) is 9.36 Å². The summed E-state index contributed by atoms with van der Waals surface area (Å²) in [5, 5.41) is 403. The molecule has 68 nitrogen and oxygen atoms in total. The number of hydrogen-bond donors (Lipinski definition) is 40. The molecule has 0 bridgehead atoms. The molecule has 11 rings (SSSR count). The summed E-state index contributed by atoms with van der Waals surface area (Å²) in [6.07, 6.45) is -130. The molecule has 11 saturated heterocycles. The monoisotopic (exact) mass is 2210 g/mol. The Morgan fingerprint density at radius 2 is 0.738 bits per heavy atom. The second kappa shape index (κ2) is 54.1. The molecule has 69 heteroatoms. The zero-order valence-corrected chi connectivity index (χ0v) is 80.1. The summed E-state index contributed by atoms with van der Waals surface area (Å²) in [6.45, 7) is -9.97. The summed E-state index contributed by atoms with van der Waals surface area (Å²) >= 11 is 0. The van der Waals surface area contributed by atoms with Gasteiger partial charge in [-0.3, -0.25) is 23.4 Å². The van der Waals surface area contributed by atoms with E-state index < -0.39 is 479 Å². The van der Waals surface area contributed by atoms with E-state index in [-0.39, 0.29) is 0 Å². The molecule has 0 spiro atoms. The Balaban J connectivity index is 0.928. The predicted molar refractivity (Wildman–Crippen MR) is 455 cm³/mol. The lowest BCUT2D eigenvalue weighted by atomic mass is 9.91. The maximum atomic E-state index is 13.7. The average molecular weight is 2210 g/mol. The molecule has 1 unspecified atom stereocenters. The number of carboxylic acids is 1. The molecule has 0 aromatic rings. The zero-order valence-electron chi connectivity index (χ0n) is 79.2. The number of rotatable bonds is 44. The van der Waals surface area contributed by atoms with Gasteiger partial charge in [0.1, 0.15) is 281 Å². The Morgan fingerprint density at radius 1 is 0.349 bits per heavy atom. The van der Waals surface area contributed by atoms with Crippen LogP contribution < -0.4 is 21.7 Å².